The third kappa shape index (κ3) is 10.1. The number of carbonyl (C=O) groups is 3. The molecule has 1 saturated carbocycles. The normalized spacial score (nSPS) is 17.9. The number of piperidine rings is 1. The Morgan fingerprint density at radius 2 is 1.52 bits per heavy atom. The Hall–Kier alpha value is -6.65. The predicted molar refractivity (Wildman–Crippen MR) is 261 cm³/mol. The third-order valence-electron chi connectivity index (χ3n) is 14.4. The number of methoxy groups -OCH3 is 1. The summed E-state index contributed by atoms with van der Waals surface area (Å²) in [5.74, 6) is -2.06. The number of halogens is 3. The second-order valence-electron chi connectivity index (χ2n) is 18.7. The summed E-state index contributed by atoms with van der Waals surface area (Å²) in [6.07, 6.45) is 4.30. The van der Waals surface area contributed by atoms with Gasteiger partial charge in [0.25, 0.3) is 5.92 Å². The van der Waals surface area contributed by atoms with Gasteiger partial charge in [-0.1, -0.05) is 24.8 Å². The van der Waals surface area contributed by atoms with Crippen molar-refractivity contribution in [1.29, 1.82) is 0 Å². The number of hydrogen-bond donors (Lipinski definition) is 3. The maximum Gasteiger partial charge on any atom is 0.274 e. The molecule has 9 rings (SSSR count). The van der Waals surface area contributed by atoms with Crippen LogP contribution in [0.2, 0.25) is 0 Å². The van der Waals surface area contributed by atoms with Crippen LogP contribution in [0.5, 0.6) is 17.2 Å². The smallest absolute Gasteiger partial charge is 0.274 e. The van der Waals surface area contributed by atoms with Gasteiger partial charge in [-0.2, -0.15) is 0 Å². The number of carbonyl (C=O) groups excluding carboxylic acids is 3. The van der Waals surface area contributed by atoms with Gasteiger partial charge in [-0.05, 0) is 111 Å². The number of aromatic nitrogens is 1. The number of amides is 3. The number of likely N-dealkylation sites (N-methyl/N-ethyl adjacent to an activating group) is 1. The first-order chi connectivity index (χ1) is 33.2. The number of anilines is 3. The molecule has 362 valence electrons. The Balaban J connectivity index is 0.744. The van der Waals surface area contributed by atoms with Gasteiger partial charge >= 0.3 is 0 Å². The highest BCUT2D eigenvalue weighted by Gasteiger charge is 2.56. The lowest BCUT2D eigenvalue weighted by atomic mass is 9.95. The van der Waals surface area contributed by atoms with Gasteiger partial charge in [0, 0.05) is 112 Å². The highest BCUT2D eigenvalue weighted by molar-refractivity contribution is 6.17. The number of ether oxygens (including phenoxy) is 2. The van der Waals surface area contributed by atoms with Crippen LogP contribution < -0.4 is 30.3 Å². The van der Waals surface area contributed by atoms with Crippen molar-refractivity contribution in [3.8, 4) is 17.2 Å². The molecule has 1 atom stereocenters. The van der Waals surface area contributed by atoms with Crippen LogP contribution in [0.3, 0.4) is 0 Å². The van der Waals surface area contributed by atoms with E-state index in [2.05, 4.69) is 42.2 Å². The van der Waals surface area contributed by atoms with Crippen molar-refractivity contribution in [3.63, 3.8) is 0 Å². The Kier molecular flexibility index (Phi) is 13.6. The minimum absolute atomic E-state index is 0.0255. The van der Waals surface area contributed by atoms with Gasteiger partial charge < -0.3 is 45.0 Å². The molecule has 4 aromatic carbocycles. The molecule has 4 aliphatic rings. The molecular weight excluding hydrogens is 886 g/mol. The van der Waals surface area contributed by atoms with Crippen LogP contribution in [-0.2, 0) is 26.9 Å². The summed E-state index contributed by atoms with van der Waals surface area (Å²) in [7, 11) is 3.23. The second kappa shape index (κ2) is 19.8. The third-order valence-corrected chi connectivity index (χ3v) is 14.4. The van der Waals surface area contributed by atoms with Crippen molar-refractivity contribution in [2.75, 3.05) is 82.0 Å². The maximum atomic E-state index is 15.9. The Morgan fingerprint density at radius 3 is 2.16 bits per heavy atom. The largest absolute Gasteiger partial charge is 0.495 e. The number of piperazine rings is 1. The molecule has 3 amide bonds. The van der Waals surface area contributed by atoms with Crippen molar-refractivity contribution in [1.82, 2.24) is 25.0 Å². The first-order valence-electron chi connectivity index (χ1n) is 23.8. The number of fused-ring (bicyclic) bond motifs is 2. The van der Waals surface area contributed by atoms with Crippen molar-refractivity contribution < 1.29 is 37.0 Å². The van der Waals surface area contributed by atoms with Gasteiger partial charge in [-0.15, -0.1) is 0 Å². The van der Waals surface area contributed by atoms with Crippen molar-refractivity contribution in [3.05, 3.63) is 120 Å². The molecule has 16 heteroatoms. The molecule has 0 spiro atoms. The Bertz CT molecular complexity index is 2720. The van der Waals surface area contributed by atoms with Crippen LogP contribution in [0.4, 0.5) is 30.2 Å². The van der Waals surface area contributed by atoms with Crippen LogP contribution >= 0.6 is 0 Å². The van der Waals surface area contributed by atoms with Gasteiger partial charge in [0.1, 0.15) is 34.5 Å². The summed E-state index contributed by atoms with van der Waals surface area (Å²) in [5, 5.41) is 9.02. The van der Waals surface area contributed by atoms with E-state index in [-0.39, 0.29) is 24.4 Å². The molecule has 69 heavy (non-hydrogen) atoms. The van der Waals surface area contributed by atoms with E-state index in [4.69, 9.17) is 9.47 Å². The number of rotatable bonds is 16. The number of nitrogens with one attached hydrogen (secondary N) is 3. The molecule has 13 nitrogen and oxygen atoms in total. The van der Waals surface area contributed by atoms with E-state index < -0.39 is 35.0 Å². The lowest BCUT2D eigenvalue weighted by Gasteiger charge is -2.40. The molecule has 0 unspecified atom stereocenters. The monoisotopic (exact) mass is 944 g/mol. The summed E-state index contributed by atoms with van der Waals surface area (Å²) in [5.41, 5.74) is 3.36. The Morgan fingerprint density at radius 1 is 0.870 bits per heavy atom. The molecular formula is C53H59F3N8O5. The summed E-state index contributed by atoms with van der Waals surface area (Å²) < 4.78 is 57.5. The first kappa shape index (κ1) is 47.4. The average Bonchev–Trinajstić information content (AvgIpc) is 4.12. The van der Waals surface area contributed by atoms with Crippen LogP contribution in [0.25, 0.3) is 16.6 Å². The van der Waals surface area contributed by atoms with Crippen molar-refractivity contribution in [2.45, 2.75) is 57.5 Å². The summed E-state index contributed by atoms with van der Waals surface area (Å²) in [6.45, 7) is 12.3. The molecule has 0 bridgehead atoms. The zero-order valence-corrected chi connectivity index (χ0v) is 39.3. The van der Waals surface area contributed by atoms with Crippen molar-refractivity contribution >= 4 is 51.4 Å². The topological polar surface area (TPSA) is 132 Å². The van der Waals surface area contributed by atoms with E-state index in [0.717, 1.165) is 81.0 Å². The maximum absolute atomic E-state index is 15.9. The van der Waals surface area contributed by atoms with E-state index in [1.165, 1.54) is 30.3 Å². The SMILES string of the molecule is C=C1c2cccc(C(F)(F)CCN3CCN(CC4CCN(c5cc6nccc(Oc7ccc(NC(=O)C8(C(=O)Nc9ccc(F)cc9)CC8)cc7)c6cc5OC)CC4)CC3)c2CN1[C@@H](C)C(=O)NC. The fourth-order valence-corrected chi connectivity index (χ4v) is 9.95. The minimum atomic E-state index is -3.01. The lowest BCUT2D eigenvalue weighted by molar-refractivity contribution is -0.131. The van der Waals surface area contributed by atoms with Gasteiger partial charge in [-0.3, -0.25) is 19.4 Å². The van der Waals surface area contributed by atoms with Crippen LogP contribution in [0.15, 0.2) is 97.7 Å². The minimum Gasteiger partial charge on any atom is -0.495 e. The molecule has 3 aliphatic heterocycles. The van der Waals surface area contributed by atoms with E-state index in [0.29, 0.717) is 65.0 Å². The fourth-order valence-electron chi connectivity index (χ4n) is 9.95. The summed E-state index contributed by atoms with van der Waals surface area (Å²) in [4.78, 5) is 52.1. The van der Waals surface area contributed by atoms with E-state index >= 15 is 8.78 Å². The highest BCUT2D eigenvalue weighted by Crippen LogP contribution is 2.48. The van der Waals surface area contributed by atoms with E-state index in [1.807, 2.05) is 18.2 Å². The van der Waals surface area contributed by atoms with Gasteiger partial charge in [0.2, 0.25) is 17.7 Å². The fraction of sp³-hybridized carbons (Fsp3) is 0.396. The molecule has 2 saturated heterocycles. The second-order valence-corrected chi connectivity index (χ2v) is 18.7. The number of benzene rings is 4. The summed E-state index contributed by atoms with van der Waals surface area (Å²) in [6, 6.07) is 22.7. The van der Waals surface area contributed by atoms with E-state index in [9.17, 15) is 18.8 Å². The Labute approximate surface area is 400 Å². The van der Waals surface area contributed by atoms with E-state index in [1.54, 1.807) is 68.6 Å². The zero-order valence-electron chi connectivity index (χ0n) is 39.3. The molecule has 3 fully saturated rings. The lowest BCUT2D eigenvalue weighted by Crippen LogP contribution is -2.49. The van der Waals surface area contributed by atoms with Crippen molar-refractivity contribution in [2.24, 2.45) is 11.3 Å². The van der Waals surface area contributed by atoms with Crippen LogP contribution in [-0.4, -0.2) is 110 Å². The van der Waals surface area contributed by atoms with Crippen LogP contribution in [0, 0.1) is 17.2 Å². The highest BCUT2D eigenvalue weighted by atomic mass is 19.3. The number of hydrogen-bond acceptors (Lipinski definition) is 10. The average molecular weight is 945 g/mol. The molecule has 1 aromatic heterocycles. The molecule has 4 heterocycles. The molecule has 1 aliphatic carbocycles. The molecule has 5 aromatic rings. The first-order valence-corrected chi connectivity index (χ1v) is 23.8. The van der Waals surface area contributed by atoms with Gasteiger partial charge in [0.15, 0.2) is 0 Å². The van der Waals surface area contributed by atoms with Crippen LogP contribution in [0.1, 0.15) is 55.7 Å². The number of pyridine rings is 1. The molecule has 0 radical (unpaired) electrons. The number of alkyl halides is 2. The molecule has 3 N–H and O–H groups in total. The number of nitrogens with zero attached hydrogens (tertiary/aromatic N) is 5. The zero-order chi connectivity index (χ0) is 48.5. The van der Waals surface area contributed by atoms with Gasteiger partial charge in [0.05, 0.1) is 18.3 Å². The quantitative estimate of drug-likeness (QED) is 0.0829. The predicted octanol–water partition coefficient (Wildman–Crippen LogP) is 8.47. The standard InChI is InChI=1S/C53H59F3N8O5/c1-34-41-6-5-7-44(43(41)33-64(34)35(2)49(65)57-3)53(55,56)21-25-61-26-28-62(29-27-61)32-36-17-23-63(24-18-36)46-31-45-42(30-48(46)68-4)47(16-22-58-45)69-40-14-12-39(13-15-40)60-51(67)52(19-20-52)50(66)59-38-10-8-37(54)9-11-38/h5-16,22,30-31,35-36H,1,17-21,23-29,32-33H2,2-4H3,(H,57,65)(H,59,66)(H,60,67)/t35-/m0/s1. The summed E-state index contributed by atoms with van der Waals surface area (Å²) >= 11 is 0. The van der Waals surface area contributed by atoms with Gasteiger partial charge in [-0.25, -0.2) is 13.2 Å².